The number of aromatic nitrogens is 3. The molecule has 1 aromatic carbocycles. The smallest absolute Gasteiger partial charge is 0.253 e. The maximum Gasteiger partial charge on any atom is 0.253 e. The summed E-state index contributed by atoms with van der Waals surface area (Å²) in [4.78, 5) is 20.4. The van der Waals surface area contributed by atoms with E-state index in [0.717, 1.165) is 22.4 Å². The Morgan fingerprint density at radius 2 is 2.19 bits per heavy atom. The third-order valence-corrected chi connectivity index (χ3v) is 3.55. The molecule has 0 saturated heterocycles. The van der Waals surface area contributed by atoms with Crippen molar-refractivity contribution >= 4 is 16.9 Å². The molecule has 3 aromatic rings. The standard InChI is InChI=1S/C16H16N4O/c1-11-19-14-8-12(5-6-15(14)20(11)2)9-18-16(21)13-4-3-7-17-10-13/h3-8,10H,9H2,1-2H3,(H,18,21). The Labute approximate surface area is 122 Å². The number of pyridine rings is 1. The van der Waals surface area contributed by atoms with Gasteiger partial charge in [-0.2, -0.15) is 0 Å². The summed E-state index contributed by atoms with van der Waals surface area (Å²) < 4.78 is 2.05. The molecule has 106 valence electrons. The molecule has 1 N–H and O–H groups in total. The molecule has 21 heavy (non-hydrogen) atoms. The van der Waals surface area contributed by atoms with Crippen molar-refractivity contribution in [3.8, 4) is 0 Å². The van der Waals surface area contributed by atoms with Gasteiger partial charge in [0, 0.05) is 26.0 Å². The predicted molar refractivity (Wildman–Crippen MR) is 80.9 cm³/mol. The van der Waals surface area contributed by atoms with Crippen LogP contribution in [0.25, 0.3) is 11.0 Å². The minimum atomic E-state index is -0.125. The number of hydrogen-bond acceptors (Lipinski definition) is 3. The van der Waals surface area contributed by atoms with Gasteiger partial charge in [0.1, 0.15) is 5.82 Å². The first-order valence-electron chi connectivity index (χ1n) is 6.75. The summed E-state index contributed by atoms with van der Waals surface area (Å²) in [5.41, 5.74) is 3.63. The summed E-state index contributed by atoms with van der Waals surface area (Å²) in [5, 5.41) is 2.89. The predicted octanol–water partition coefficient (Wildman–Crippen LogP) is 2.21. The lowest BCUT2D eigenvalue weighted by atomic mass is 10.2. The molecule has 5 nitrogen and oxygen atoms in total. The summed E-state index contributed by atoms with van der Waals surface area (Å²) in [6.45, 7) is 2.45. The Bertz CT molecular complexity index is 793. The minimum Gasteiger partial charge on any atom is -0.348 e. The van der Waals surface area contributed by atoms with Crippen LogP contribution in [-0.2, 0) is 13.6 Å². The van der Waals surface area contributed by atoms with E-state index in [1.807, 2.05) is 36.7 Å². The summed E-state index contributed by atoms with van der Waals surface area (Å²) >= 11 is 0. The van der Waals surface area contributed by atoms with Gasteiger partial charge in [-0.15, -0.1) is 0 Å². The maximum absolute atomic E-state index is 12.0. The molecule has 0 spiro atoms. The molecular formula is C16H16N4O. The van der Waals surface area contributed by atoms with Crippen molar-refractivity contribution in [2.75, 3.05) is 0 Å². The van der Waals surface area contributed by atoms with Crippen molar-refractivity contribution in [3.05, 3.63) is 59.7 Å². The average Bonchev–Trinajstić information content (AvgIpc) is 2.80. The van der Waals surface area contributed by atoms with Crippen LogP contribution in [0.3, 0.4) is 0 Å². The normalized spacial score (nSPS) is 10.8. The van der Waals surface area contributed by atoms with Crippen LogP contribution in [0.1, 0.15) is 21.7 Å². The van der Waals surface area contributed by atoms with Crippen molar-refractivity contribution in [2.24, 2.45) is 7.05 Å². The molecule has 0 aliphatic rings. The number of fused-ring (bicyclic) bond motifs is 1. The van der Waals surface area contributed by atoms with Crippen LogP contribution in [0.2, 0.25) is 0 Å². The maximum atomic E-state index is 12.0. The summed E-state index contributed by atoms with van der Waals surface area (Å²) in [5.74, 6) is 0.849. The first-order chi connectivity index (χ1) is 10.1. The number of amides is 1. The molecule has 0 saturated carbocycles. The highest BCUT2D eigenvalue weighted by molar-refractivity contribution is 5.93. The van der Waals surface area contributed by atoms with Gasteiger partial charge in [0.2, 0.25) is 0 Å². The minimum absolute atomic E-state index is 0.125. The second kappa shape index (κ2) is 5.36. The van der Waals surface area contributed by atoms with Gasteiger partial charge < -0.3 is 9.88 Å². The first kappa shape index (κ1) is 13.3. The summed E-state index contributed by atoms with van der Waals surface area (Å²) in [7, 11) is 1.99. The monoisotopic (exact) mass is 280 g/mol. The zero-order valence-electron chi connectivity index (χ0n) is 12.0. The van der Waals surface area contributed by atoms with Gasteiger partial charge in [0.05, 0.1) is 16.6 Å². The first-order valence-corrected chi connectivity index (χ1v) is 6.75. The number of benzene rings is 1. The van der Waals surface area contributed by atoms with E-state index in [1.165, 1.54) is 0 Å². The summed E-state index contributed by atoms with van der Waals surface area (Å²) in [6, 6.07) is 9.53. The molecule has 0 radical (unpaired) electrons. The van der Waals surface area contributed by atoms with Crippen LogP contribution in [-0.4, -0.2) is 20.4 Å². The van der Waals surface area contributed by atoms with Gasteiger partial charge in [-0.3, -0.25) is 9.78 Å². The van der Waals surface area contributed by atoms with E-state index in [-0.39, 0.29) is 5.91 Å². The van der Waals surface area contributed by atoms with Crippen LogP contribution < -0.4 is 5.32 Å². The lowest BCUT2D eigenvalue weighted by Crippen LogP contribution is -2.22. The fraction of sp³-hybridized carbons (Fsp3) is 0.188. The lowest BCUT2D eigenvalue weighted by Gasteiger charge is -2.05. The second-order valence-corrected chi connectivity index (χ2v) is 4.97. The quantitative estimate of drug-likeness (QED) is 0.800. The van der Waals surface area contributed by atoms with Crippen molar-refractivity contribution < 1.29 is 4.79 Å². The third kappa shape index (κ3) is 2.63. The molecule has 0 unspecified atom stereocenters. The van der Waals surface area contributed by atoms with Crippen LogP contribution in [0, 0.1) is 6.92 Å². The van der Waals surface area contributed by atoms with Crippen molar-refractivity contribution in [1.82, 2.24) is 19.9 Å². The Morgan fingerprint density at radius 3 is 2.95 bits per heavy atom. The van der Waals surface area contributed by atoms with Crippen LogP contribution in [0.4, 0.5) is 0 Å². The Hall–Kier alpha value is -2.69. The van der Waals surface area contributed by atoms with Gasteiger partial charge >= 0.3 is 0 Å². The molecule has 0 bridgehead atoms. The highest BCUT2D eigenvalue weighted by atomic mass is 16.1. The number of carbonyl (C=O) groups is 1. The van der Waals surface area contributed by atoms with Crippen LogP contribution in [0.5, 0.6) is 0 Å². The van der Waals surface area contributed by atoms with E-state index < -0.39 is 0 Å². The molecule has 2 aromatic heterocycles. The molecule has 2 heterocycles. The molecule has 5 heteroatoms. The topological polar surface area (TPSA) is 59.8 Å². The van der Waals surface area contributed by atoms with E-state index in [9.17, 15) is 4.79 Å². The third-order valence-electron chi connectivity index (χ3n) is 3.55. The van der Waals surface area contributed by atoms with Crippen molar-refractivity contribution in [1.29, 1.82) is 0 Å². The molecular weight excluding hydrogens is 264 g/mol. The molecule has 3 rings (SSSR count). The number of imidazole rings is 1. The fourth-order valence-electron chi connectivity index (χ4n) is 2.26. The Balaban J connectivity index is 1.75. The number of nitrogens with zero attached hydrogens (tertiary/aromatic N) is 3. The fourth-order valence-corrected chi connectivity index (χ4v) is 2.26. The van der Waals surface area contributed by atoms with Gasteiger partial charge in [-0.1, -0.05) is 6.07 Å². The zero-order chi connectivity index (χ0) is 14.8. The number of aryl methyl sites for hydroxylation is 2. The highest BCUT2D eigenvalue weighted by Crippen LogP contribution is 2.16. The van der Waals surface area contributed by atoms with Crippen LogP contribution >= 0.6 is 0 Å². The SMILES string of the molecule is Cc1nc2cc(CNC(=O)c3cccnc3)ccc2n1C. The van der Waals surface area contributed by atoms with Gasteiger partial charge in [-0.25, -0.2) is 4.98 Å². The zero-order valence-corrected chi connectivity index (χ0v) is 12.0. The Morgan fingerprint density at radius 1 is 1.33 bits per heavy atom. The molecule has 0 aliphatic heterocycles. The van der Waals surface area contributed by atoms with Gasteiger partial charge in [0.25, 0.3) is 5.91 Å². The molecule has 1 amide bonds. The highest BCUT2D eigenvalue weighted by Gasteiger charge is 2.07. The van der Waals surface area contributed by atoms with Gasteiger partial charge in [0.15, 0.2) is 0 Å². The van der Waals surface area contributed by atoms with E-state index in [4.69, 9.17) is 0 Å². The van der Waals surface area contributed by atoms with E-state index in [1.54, 1.807) is 24.5 Å². The van der Waals surface area contributed by atoms with Crippen molar-refractivity contribution in [2.45, 2.75) is 13.5 Å². The molecule has 0 atom stereocenters. The molecule has 0 aliphatic carbocycles. The van der Waals surface area contributed by atoms with E-state index in [0.29, 0.717) is 12.1 Å². The lowest BCUT2D eigenvalue weighted by molar-refractivity contribution is 0.0950. The molecule has 0 fully saturated rings. The Kier molecular flexibility index (Phi) is 3.39. The average molecular weight is 280 g/mol. The largest absolute Gasteiger partial charge is 0.348 e. The number of hydrogen-bond donors (Lipinski definition) is 1. The number of carbonyl (C=O) groups excluding carboxylic acids is 1. The van der Waals surface area contributed by atoms with E-state index in [2.05, 4.69) is 15.3 Å². The van der Waals surface area contributed by atoms with Crippen LogP contribution in [0.15, 0.2) is 42.7 Å². The number of nitrogens with one attached hydrogen (secondary N) is 1. The summed E-state index contributed by atoms with van der Waals surface area (Å²) in [6.07, 6.45) is 3.20. The number of rotatable bonds is 3. The van der Waals surface area contributed by atoms with Gasteiger partial charge in [-0.05, 0) is 36.8 Å². The van der Waals surface area contributed by atoms with E-state index >= 15 is 0 Å². The van der Waals surface area contributed by atoms with Crippen molar-refractivity contribution in [3.63, 3.8) is 0 Å². The second-order valence-electron chi connectivity index (χ2n) is 4.97.